The Bertz CT molecular complexity index is 544. The summed E-state index contributed by atoms with van der Waals surface area (Å²) in [5.41, 5.74) is 10.8. The maximum atomic E-state index is 12.0. The maximum absolute atomic E-state index is 12.0. The Hall–Kier alpha value is -2.16. The van der Waals surface area contributed by atoms with E-state index in [2.05, 4.69) is 5.32 Å². The van der Waals surface area contributed by atoms with Gasteiger partial charge in [-0.1, -0.05) is 0 Å². The lowest BCUT2D eigenvalue weighted by Gasteiger charge is -2.34. The molecule has 0 unspecified atom stereocenters. The molecule has 0 heterocycles. The lowest BCUT2D eigenvalue weighted by atomic mass is 10.0. The van der Waals surface area contributed by atoms with Gasteiger partial charge in [0.2, 0.25) is 5.91 Å². The van der Waals surface area contributed by atoms with E-state index in [-0.39, 0.29) is 6.29 Å². The molecular weight excluding hydrogens is 382 g/mol. The number of aldehydes is 1. The summed E-state index contributed by atoms with van der Waals surface area (Å²) >= 11 is 0. The van der Waals surface area contributed by atoms with Gasteiger partial charge >= 0.3 is 11.9 Å². The van der Waals surface area contributed by atoms with Crippen LogP contribution in [0.3, 0.4) is 0 Å². The molecule has 0 saturated heterocycles. The van der Waals surface area contributed by atoms with Crippen LogP contribution in [0.5, 0.6) is 0 Å². The van der Waals surface area contributed by atoms with E-state index in [1.807, 2.05) is 0 Å². The van der Waals surface area contributed by atoms with Crippen LogP contribution in [0.1, 0.15) is 13.8 Å². The predicted octanol–water partition coefficient (Wildman–Crippen LogP) is -5.11. The average Bonchev–Trinajstić information content (AvgIpc) is 2.66. The van der Waals surface area contributed by atoms with Crippen molar-refractivity contribution in [1.82, 2.24) is 5.32 Å². The first-order chi connectivity index (χ1) is 13.0. The van der Waals surface area contributed by atoms with Crippen molar-refractivity contribution in [3.63, 3.8) is 0 Å². The number of rotatable bonds is 12. The zero-order chi connectivity index (χ0) is 22.0. The van der Waals surface area contributed by atoms with Crippen LogP contribution in [0.2, 0.25) is 0 Å². The van der Waals surface area contributed by atoms with Crippen LogP contribution in [0.15, 0.2) is 0 Å². The van der Waals surface area contributed by atoms with Crippen LogP contribution in [0, 0.1) is 0 Å². The molecule has 0 bridgehead atoms. The largest absolute Gasteiger partial charge is 0.454 e. The third-order valence-electron chi connectivity index (χ3n) is 3.56. The number of hydrogen-bond acceptors (Lipinski definition) is 12. The van der Waals surface area contributed by atoms with Gasteiger partial charge < -0.3 is 51.5 Å². The van der Waals surface area contributed by atoms with E-state index in [1.54, 1.807) is 0 Å². The zero-order valence-corrected chi connectivity index (χ0v) is 15.4. The van der Waals surface area contributed by atoms with Gasteiger partial charge in [0.1, 0.15) is 30.5 Å². The maximum Gasteiger partial charge on any atom is 0.326 e. The van der Waals surface area contributed by atoms with Crippen molar-refractivity contribution in [3.8, 4) is 0 Å². The number of carbonyl (C=O) groups is 4. The molecule has 0 aromatic rings. The molecule has 162 valence electrons. The number of nitrogens with two attached hydrogens (primary N) is 2. The minimum absolute atomic E-state index is 0.142. The average molecular weight is 409 g/mol. The number of esters is 2. The minimum Gasteiger partial charge on any atom is -0.454 e. The van der Waals surface area contributed by atoms with Crippen LogP contribution < -0.4 is 16.8 Å². The van der Waals surface area contributed by atoms with Crippen molar-refractivity contribution in [3.05, 3.63) is 0 Å². The second kappa shape index (κ2) is 12.3. The molecule has 0 spiro atoms. The summed E-state index contributed by atoms with van der Waals surface area (Å²) in [7, 11) is 0. The SMILES string of the molecule is CC(=O)N[C@@H](C=O)[C@@H](OC(=O)[C@@H](N)CO)[C@@H](OC(=O)[C@@H](N)[C@@H](C)O)[C@H](O)CO. The topological polar surface area (TPSA) is 232 Å². The van der Waals surface area contributed by atoms with Gasteiger partial charge in [-0.3, -0.25) is 14.4 Å². The van der Waals surface area contributed by atoms with Crippen molar-refractivity contribution in [2.24, 2.45) is 11.5 Å². The Balaban J connectivity index is 5.91. The first-order valence-electron chi connectivity index (χ1n) is 8.22. The van der Waals surface area contributed by atoms with E-state index in [0.29, 0.717) is 0 Å². The molecule has 1 amide bonds. The quantitative estimate of drug-likeness (QED) is 0.118. The Labute approximate surface area is 160 Å². The third-order valence-corrected chi connectivity index (χ3v) is 3.56. The Morgan fingerprint density at radius 2 is 1.57 bits per heavy atom. The highest BCUT2D eigenvalue weighted by Gasteiger charge is 2.42. The Morgan fingerprint density at radius 1 is 1.04 bits per heavy atom. The molecular formula is C15H27N3O10. The highest BCUT2D eigenvalue weighted by atomic mass is 16.6. The van der Waals surface area contributed by atoms with Crippen molar-refractivity contribution < 1.29 is 49.1 Å². The molecule has 28 heavy (non-hydrogen) atoms. The van der Waals surface area contributed by atoms with Gasteiger partial charge in [0.05, 0.1) is 19.3 Å². The van der Waals surface area contributed by atoms with Crippen LogP contribution in [0.4, 0.5) is 0 Å². The molecule has 0 aliphatic rings. The van der Waals surface area contributed by atoms with Crippen LogP contribution in [-0.4, -0.2) is 100 Å². The van der Waals surface area contributed by atoms with Crippen molar-refractivity contribution in [2.45, 2.75) is 56.4 Å². The van der Waals surface area contributed by atoms with Crippen LogP contribution >= 0.6 is 0 Å². The summed E-state index contributed by atoms with van der Waals surface area (Å²) < 4.78 is 9.90. The molecule has 0 rings (SSSR count). The van der Waals surface area contributed by atoms with E-state index < -0.39 is 73.6 Å². The number of nitrogens with one attached hydrogen (secondary N) is 1. The van der Waals surface area contributed by atoms with Crippen molar-refractivity contribution in [1.29, 1.82) is 0 Å². The molecule has 0 aliphatic carbocycles. The van der Waals surface area contributed by atoms with Gasteiger partial charge in [0.25, 0.3) is 0 Å². The summed E-state index contributed by atoms with van der Waals surface area (Å²) in [5.74, 6) is -3.21. The highest BCUT2D eigenvalue weighted by Crippen LogP contribution is 2.15. The van der Waals surface area contributed by atoms with Gasteiger partial charge in [-0.15, -0.1) is 0 Å². The molecule has 9 N–H and O–H groups in total. The number of hydrogen-bond donors (Lipinski definition) is 7. The number of aliphatic hydroxyl groups is 4. The summed E-state index contributed by atoms with van der Waals surface area (Å²) in [6, 6.07) is -4.71. The number of aliphatic hydroxyl groups excluding tert-OH is 4. The second-order valence-electron chi connectivity index (χ2n) is 5.97. The summed E-state index contributed by atoms with van der Waals surface area (Å²) in [6.07, 6.45) is -6.79. The third kappa shape index (κ3) is 7.84. The van der Waals surface area contributed by atoms with Crippen molar-refractivity contribution in [2.75, 3.05) is 13.2 Å². The van der Waals surface area contributed by atoms with Crippen molar-refractivity contribution >= 4 is 24.1 Å². The van der Waals surface area contributed by atoms with Crippen LogP contribution in [-0.2, 0) is 28.7 Å². The Morgan fingerprint density at radius 3 is 1.96 bits per heavy atom. The fourth-order valence-electron chi connectivity index (χ4n) is 1.95. The van der Waals surface area contributed by atoms with Gasteiger partial charge in [-0.05, 0) is 6.92 Å². The molecule has 0 aromatic heterocycles. The smallest absolute Gasteiger partial charge is 0.326 e. The minimum atomic E-state index is -1.88. The molecule has 0 radical (unpaired) electrons. The number of carbonyl (C=O) groups excluding carboxylic acids is 4. The molecule has 7 atom stereocenters. The molecule has 0 aromatic carbocycles. The predicted molar refractivity (Wildman–Crippen MR) is 91.2 cm³/mol. The highest BCUT2D eigenvalue weighted by molar-refractivity contribution is 5.80. The lowest BCUT2D eigenvalue weighted by molar-refractivity contribution is -0.186. The van der Waals surface area contributed by atoms with Gasteiger partial charge in [0, 0.05) is 6.92 Å². The summed E-state index contributed by atoms with van der Waals surface area (Å²) in [4.78, 5) is 46.7. The molecule has 0 aliphatic heterocycles. The zero-order valence-electron chi connectivity index (χ0n) is 15.4. The molecule has 13 heteroatoms. The first kappa shape index (κ1) is 25.8. The summed E-state index contributed by atoms with van der Waals surface area (Å²) in [5, 5.41) is 39.7. The fourth-order valence-corrected chi connectivity index (χ4v) is 1.95. The van der Waals surface area contributed by atoms with E-state index in [0.717, 1.165) is 6.92 Å². The molecule has 0 fully saturated rings. The lowest BCUT2D eigenvalue weighted by Crippen LogP contribution is -2.58. The fraction of sp³-hybridized carbons (Fsp3) is 0.733. The summed E-state index contributed by atoms with van der Waals surface area (Å²) in [6.45, 7) is 0.416. The first-order valence-corrected chi connectivity index (χ1v) is 8.22. The van der Waals surface area contributed by atoms with E-state index in [4.69, 9.17) is 26.0 Å². The molecule has 13 nitrogen and oxygen atoms in total. The number of amides is 1. The number of ether oxygens (including phenoxy) is 2. The Kier molecular flexibility index (Phi) is 11.4. The monoisotopic (exact) mass is 409 g/mol. The normalized spacial score (nSPS) is 18.6. The van der Waals surface area contributed by atoms with E-state index >= 15 is 0 Å². The second-order valence-corrected chi connectivity index (χ2v) is 5.97. The van der Waals surface area contributed by atoms with Gasteiger partial charge in [-0.25, -0.2) is 0 Å². The molecule has 0 saturated carbocycles. The standard InChI is InChI=1S/C15H27N3O10/c1-6(22)11(17)15(26)28-13(10(24)5-21)12(9(4-20)18-7(2)23)27-14(25)8(16)3-19/h4,6,8-13,19,21-22,24H,3,5,16-17H2,1-2H3,(H,18,23)/t6-,8+,9+,10-,11+,12-,13+/m1/s1. The van der Waals surface area contributed by atoms with Gasteiger partial charge in [0.15, 0.2) is 12.2 Å². The van der Waals surface area contributed by atoms with E-state index in [9.17, 15) is 34.5 Å². The van der Waals surface area contributed by atoms with Gasteiger partial charge in [-0.2, -0.15) is 0 Å². The van der Waals surface area contributed by atoms with Crippen LogP contribution in [0.25, 0.3) is 0 Å². The van der Waals surface area contributed by atoms with E-state index in [1.165, 1.54) is 6.92 Å².